The summed E-state index contributed by atoms with van der Waals surface area (Å²) in [6, 6.07) is 5.90. The summed E-state index contributed by atoms with van der Waals surface area (Å²) < 4.78 is 1.93. The zero-order chi connectivity index (χ0) is 15.8. The SMILES string of the molecule is Cc1cn2cc(C(=O)N3CCN(c4ccccn4)CC3)nc2s1. The summed E-state index contributed by atoms with van der Waals surface area (Å²) in [6.45, 7) is 5.02. The maximum Gasteiger partial charge on any atom is 0.274 e. The number of pyridine rings is 1. The topological polar surface area (TPSA) is 53.7 Å². The van der Waals surface area contributed by atoms with Gasteiger partial charge in [-0.05, 0) is 19.1 Å². The van der Waals surface area contributed by atoms with Gasteiger partial charge in [0.1, 0.15) is 11.5 Å². The molecule has 0 aliphatic carbocycles. The molecule has 0 unspecified atom stereocenters. The Morgan fingerprint density at radius 2 is 2.00 bits per heavy atom. The first-order chi connectivity index (χ1) is 11.2. The highest BCUT2D eigenvalue weighted by atomic mass is 32.1. The van der Waals surface area contributed by atoms with Gasteiger partial charge in [-0.3, -0.25) is 9.20 Å². The van der Waals surface area contributed by atoms with Gasteiger partial charge in [0.2, 0.25) is 0 Å². The Morgan fingerprint density at radius 3 is 2.70 bits per heavy atom. The number of amides is 1. The van der Waals surface area contributed by atoms with Crippen molar-refractivity contribution in [1.29, 1.82) is 0 Å². The number of aryl methyl sites for hydroxylation is 1. The minimum atomic E-state index is 0.0132. The van der Waals surface area contributed by atoms with E-state index in [1.54, 1.807) is 17.5 Å². The van der Waals surface area contributed by atoms with E-state index in [4.69, 9.17) is 0 Å². The molecule has 1 aliphatic rings. The number of carbonyl (C=O) groups excluding carboxylic acids is 1. The second-order valence-corrected chi connectivity index (χ2v) is 6.84. The first kappa shape index (κ1) is 14.2. The first-order valence-electron chi connectivity index (χ1n) is 7.61. The molecular weight excluding hydrogens is 310 g/mol. The molecule has 0 spiro atoms. The van der Waals surface area contributed by atoms with Crippen molar-refractivity contribution in [1.82, 2.24) is 19.3 Å². The standard InChI is InChI=1S/C16H17N5OS/c1-12-10-21-11-13(18-16(21)23-12)15(22)20-8-6-19(7-9-20)14-4-2-3-5-17-14/h2-5,10-11H,6-9H2,1H3. The Hall–Kier alpha value is -2.41. The molecule has 118 valence electrons. The number of fused-ring (bicyclic) bond motifs is 1. The van der Waals surface area contributed by atoms with Crippen LogP contribution in [0, 0.1) is 6.92 Å². The zero-order valence-corrected chi connectivity index (χ0v) is 13.7. The van der Waals surface area contributed by atoms with E-state index in [1.165, 1.54) is 4.88 Å². The predicted molar refractivity (Wildman–Crippen MR) is 90.2 cm³/mol. The van der Waals surface area contributed by atoms with Gasteiger partial charge in [0.15, 0.2) is 4.96 Å². The van der Waals surface area contributed by atoms with Crippen LogP contribution in [0.4, 0.5) is 5.82 Å². The number of hydrogen-bond acceptors (Lipinski definition) is 5. The molecule has 3 aromatic heterocycles. The molecule has 4 heterocycles. The van der Waals surface area contributed by atoms with Crippen LogP contribution < -0.4 is 4.90 Å². The Morgan fingerprint density at radius 1 is 1.17 bits per heavy atom. The quantitative estimate of drug-likeness (QED) is 0.723. The fourth-order valence-electron chi connectivity index (χ4n) is 2.86. The Kier molecular flexibility index (Phi) is 3.49. The molecule has 23 heavy (non-hydrogen) atoms. The van der Waals surface area contributed by atoms with Gasteiger partial charge in [-0.25, -0.2) is 9.97 Å². The number of rotatable bonds is 2. The van der Waals surface area contributed by atoms with Gasteiger partial charge >= 0.3 is 0 Å². The van der Waals surface area contributed by atoms with E-state index in [1.807, 2.05) is 46.8 Å². The summed E-state index contributed by atoms with van der Waals surface area (Å²) in [7, 11) is 0. The third kappa shape index (κ3) is 2.68. The number of aromatic nitrogens is 3. The van der Waals surface area contributed by atoms with E-state index in [9.17, 15) is 4.79 Å². The van der Waals surface area contributed by atoms with Crippen molar-refractivity contribution in [3.05, 3.63) is 47.4 Å². The number of thiazole rings is 1. The molecule has 0 N–H and O–H groups in total. The Balaban J connectivity index is 1.45. The van der Waals surface area contributed by atoms with E-state index in [0.29, 0.717) is 18.8 Å². The highest BCUT2D eigenvalue weighted by Crippen LogP contribution is 2.19. The monoisotopic (exact) mass is 327 g/mol. The molecule has 0 aromatic carbocycles. The van der Waals surface area contributed by atoms with Crippen LogP contribution >= 0.6 is 11.3 Å². The predicted octanol–water partition coefficient (Wildman–Crippen LogP) is 2.06. The van der Waals surface area contributed by atoms with Crippen molar-refractivity contribution in [2.45, 2.75) is 6.92 Å². The van der Waals surface area contributed by atoms with Gasteiger partial charge < -0.3 is 9.80 Å². The van der Waals surface area contributed by atoms with Crippen molar-refractivity contribution >= 4 is 28.0 Å². The average Bonchev–Trinajstić information content (AvgIpc) is 3.12. The van der Waals surface area contributed by atoms with Crippen molar-refractivity contribution < 1.29 is 4.79 Å². The van der Waals surface area contributed by atoms with Crippen molar-refractivity contribution in [2.24, 2.45) is 0 Å². The Bertz CT molecular complexity index is 801. The second kappa shape index (κ2) is 5.66. The molecule has 0 bridgehead atoms. The van der Waals surface area contributed by atoms with E-state index < -0.39 is 0 Å². The van der Waals surface area contributed by atoms with Crippen molar-refractivity contribution in [2.75, 3.05) is 31.1 Å². The van der Waals surface area contributed by atoms with Crippen LogP contribution in [0.15, 0.2) is 36.8 Å². The number of hydrogen-bond donors (Lipinski definition) is 0. The third-order valence-corrected chi connectivity index (χ3v) is 4.94. The number of carbonyl (C=O) groups is 1. The lowest BCUT2D eigenvalue weighted by Gasteiger charge is -2.35. The molecule has 0 atom stereocenters. The maximum atomic E-state index is 12.6. The van der Waals surface area contributed by atoms with Crippen LogP contribution in [0.1, 0.15) is 15.4 Å². The second-order valence-electron chi connectivity index (χ2n) is 5.62. The Labute approximate surface area is 138 Å². The van der Waals surface area contributed by atoms with Crippen LogP contribution in [0.5, 0.6) is 0 Å². The molecule has 1 amide bonds. The van der Waals surface area contributed by atoms with Gasteiger partial charge in [-0.2, -0.15) is 0 Å². The largest absolute Gasteiger partial charge is 0.353 e. The lowest BCUT2D eigenvalue weighted by Crippen LogP contribution is -2.49. The van der Waals surface area contributed by atoms with E-state index in [-0.39, 0.29) is 5.91 Å². The smallest absolute Gasteiger partial charge is 0.274 e. The minimum absolute atomic E-state index is 0.0132. The van der Waals surface area contributed by atoms with Crippen LogP contribution in [0.25, 0.3) is 4.96 Å². The highest BCUT2D eigenvalue weighted by Gasteiger charge is 2.24. The average molecular weight is 327 g/mol. The van der Waals surface area contributed by atoms with Gasteiger partial charge in [0.25, 0.3) is 5.91 Å². The molecule has 1 aliphatic heterocycles. The molecule has 7 heteroatoms. The number of anilines is 1. The van der Waals surface area contributed by atoms with Crippen LogP contribution in [-0.4, -0.2) is 51.4 Å². The molecule has 6 nitrogen and oxygen atoms in total. The minimum Gasteiger partial charge on any atom is -0.353 e. The third-order valence-electron chi connectivity index (χ3n) is 4.03. The van der Waals surface area contributed by atoms with Crippen LogP contribution in [0.3, 0.4) is 0 Å². The number of piperazine rings is 1. The molecule has 1 saturated heterocycles. The van der Waals surface area contributed by atoms with Gasteiger partial charge in [-0.1, -0.05) is 6.07 Å². The van der Waals surface area contributed by atoms with Crippen LogP contribution in [0.2, 0.25) is 0 Å². The van der Waals surface area contributed by atoms with Crippen molar-refractivity contribution in [3.63, 3.8) is 0 Å². The zero-order valence-electron chi connectivity index (χ0n) is 12.8. The molecule has 0 saturated carbocycles. The summed E-state index contributed by atoms with van der Waals surface area (Å²) >= 11 is 1.60. The van der Waals surface area contributed by atoms with E-state index in [2.05, 4.69) is 14.9 Å². The summed E-state index contributed by atoms with van der Waals surface area (Å²) in [4.78, 5) is 27.6. The molecule has 3 aromatic rings. The lowest BCUT2D eigenvalue weighted by molar-refractivity contribution is 0.0741. The van der Waals surface area contributed by atoms with Crippen molar-refractivity contribution in [3.8, 4) is 0 Å². The molecule has 1 fully saturated rings. The highest BCUT2D eigenvalue weighted by molar-refractivity contribution is 7.17. The summed E-state index contributed by atoms with van der Waals surface area (Å²) in [5.74, 6) is 0.983. The summed E-state index contributed by atoms with van der Waals surface area (Å²) in [5.41, 5.74) is 0.530. The van der Waals surface area contributed by atoms with E-state index in [0.717, 1.165) is 23.9 Å². The number of nitrogens with zero attached hydrogens (tertiary/aromatic N) is 5. The fourth-order valence-corrected chi connectivity index (χ4v) is 3.66. The van der Waals surface area contributed by atoms with Gasteiger partial charge in [-0.15, -0.1) is 11.3 Å². The maximum absolute atomic E-state index is 12.6. The van der Waals surface area contributed by atoms with Gasteiger partial charge in [0, 0.05) is 49.6 Å². The first-order valence-corrected chi connectivity index (χ1v) is 8.43. The van der Waals surface area contributed by atoms with Crippen LogP contribution in [-0.2, 0) is 0 Å². The van der Waals surface area contributed by atoms with E-state index >= 15 is 0 Å². The normalized spacial score (nSPS) is 15.3. The summed E-state index contributed by atoms with van der Waals surface area (Å²) in [5, 5.41) is 0. The number of imidazole rings is 1. The molecular formula is C16H17N5OS. The van der Waals surface area contributed by atoms with Gasteiger partial charge in [0.05, 0.1) is 0 Å². The fraction of sp³-hybridized carbons (Fsp3) is 0.312. The molecule has 0 radical (unpaired) electrons. The summed E-state index contributed by atoms with van der Waals surface area (Å²) in [6.07, 6.45) is 5.63. The molecule has 4 rings (SSSR count). The lowest BCUT2D eigenvalue weighted by atomic mass is 10.2.